The number of carboxylic acids is 1. The Morgan fingerprint density at radius 2 is 1.33 bits per heavy atom. The number of anilines is 1. The van der Waals surface area contributed by atoms with Crippen LogP contribution in [0.15, 0.2) is 120 Å². The fraction of sp³-hybridized carbons (Fsp3) is 0.146. The quantitative estimate of drug-likeness (QED) is 0.127. The van der Waals surface area contributed by atoms with Crippen LogP contribution in [0.4, 0.5) is 5.69 Å². The van der Waals surface area contributed by atoms with Crippen LogP contribution >= 0.6 is 0 Å². The Balaban J connectivity index is 1.09. The second-order valence-electron chi connectivity index (χ2n) is 12.1. The van der Waals surface area contributed by atoms with E-state index in [1.807, 2.05) is 24.3 Å². The van der Waals surface area contributed by atoms with Gasteiger partial charge in [-0.2, -0.15) is 4.98 Å². The molecule has 0 saturated heterocycles. The smallest absolute Gasteiger partial charge is 0.323 e. The highest BCUT2D eigenvalue weighted by molar-refractivity contribution is 5.97. The van der Waals surface area contributed by atoms with Crippen LogP contribution in [0.3, 0.4) is 0 Å². The maximum absolute atomic E-state index is 13.5. The molecule has 6 aromatic rings. The zero-order valence-corrected chi connectivity index (χ0v) is 28.8. The first-order valence-electron chi connectivity index (χ1n) is 16.4. The summed E-state index contributed by atoms with van der Waals surface area (Å²) in [6.45, 7) is 1.60. The Morgan fingerprint density at radius 3 is 1.92 bits per heavy atom. The normalized spacial score (nSPS) is 10.8. The van der Waals surface area contributed by atoms with Crippen LogP contribution in [0.25, 0.3) is 34.0 Å². The number of aromatic nitrogens is 2. The first kappa shape index (κ1) is 35.1. The molecule has 11 nitrogen and oxygen atoms in total. The minimum Gasteiger partial charge on any atom is -0.496 e. The lowest BCUT2D eigenvalue weighted by molar-refractivity contribution is -0.137. The van der Waals surface area contributed by atoms with Crippen molar-refractivity contribution < 1.29 is 33.5 Å². The van der Waals surface area contributed by atoms with Crippen molar-refractivity contribution >= 4 is 23.5 Å². The van der Waals surface area contributed by atoms with Crippen molar-refractivity contribution in [1.82, 2.24) is 15.0 Å². The molecule has 1 heterocycles. The number of nitrogens with zero attached hydrogens (tertiary/aromatic N) is 3. The Kier molecular flexibility index (Phi) is 10.7. The number of nitrogens with one attached hydrogen (secondary N) is 1. The summed E-state index contributed by atoms with van der Waals surface area (Å²) in [6.07, 6.45) is 0.00963. The van der Waals surface area contributed by atoms with E-state index in [4.69, 9.17) is 14.0 Å². The van der Waals surface area contributed by atoms with Crippen molar-refractivity contribution in [3.63, 3.8) is 0 Å². The maximum Gasteiger partial charge on any atom is 0.323 e. The number of hydrogen-bond donors (Lipinski definition) is 2. The SMILES string of the molecule is COc1cccc(OC)c1CC(=O)Nc1ccc(C(=O)N(CC(=O)O)Cc2ccc(-c3noc(-c4ccc(-c5ccc(C)cc5)cc4)n3)cc2)cc1. The molecule has 0 radical (unpaired) electrons. The molecule has 0 aliphatic heterocycles. The van der Waals surface area contributed by atoms with E-state index in [2.05, 4.69) is 46.6 Å². The summed E-state index contributed by atoms with van der Waals surface area (Å²) in [6, 6.07) is 35.0. The van der Waals surface area contributed by atoms with E-state index < -0.39 is 18.4 Å². The summed E-state index contributed by atoms with van der Waals surface area (Å²) in [7, 11) is 3.04. The third-order valence-electron chi connectivity index (χ3n) is 8.42. The average Bonchev–Trinajstić information content (AvgIpc) is 3.66. The van der Waals surface area contributed by atoms with Crippen molar-refractivity contribution in [2.24, 2.45) is 0 Å². The number of ether oxygens (including phenoxy) is 2. The van der Waals surface area contributed by atoms with Crippen molar-refractivity contribution in [3.05, 3.63) is 138 Å². The zero-order valence-electron chi connectivity index (χ0n) is 28.8. The molecule has 2 N–H and O–H groups in total. The average molecular weight is 697 g/mol. The van der Waals surface area contributed by atoms with Crippen LogP contribution in [0.5, 0.6) is 11.5 Å². The first-order valence-corrected chi connectivity index (χ1v) is 16.4. The minimum absolute atomic E-state index is 0.00963. The van der Waals surface area contributed by atoms with Gasteiger partial charge in [0, 0.05) is 34.5 Å². The summed E-state index contributed by atoms with van der Waals surface area (Å²) in [5.74, 6) is -0.0762. The van der Waals surface area contributed by atoms with Gasteiger partial charge in [0.2, 0.25) is 11.7 Å². The van der Waals surface area contributed by atoms with E-state index in [1.54, 1.807) is 66.7 Å². The summed E-state index contributed by atoms with van der Waals surface area (Å²) in [4.78, 5) is 43.8. The Labute approximate surface area is 300 Å². The Hall–Kier alpha value is -6.75. The molecule has 5 aromatic carbocycles. The number of benzene rings is 5. The number of carbonyl (C=O) groups excluding carboxylic acids is 2. The number of rotatable bonds is 13. The standard InChI is InChI=1S/C41H36N4O7/c1-26-7-11-28(12-8-26)29-15-17-31(18-16-29)40-43-39(44-52-40)30-13-9-27(10-14-30)24-45(25-38(47)48)41(49)32-19-21-33(22-20-32)42-37(46)23-34-35(50-2)5-4-6-36(34)51-3/h4-22H,23-25H2,1-3H3,(H,42,46)(H,47,48). The summed E-state index contributed by atoms with van der Waals surface area (Å²) in [5.41, 5.74) is 6.96. The summed E-state index contributed by atoms with van der Waals surface area (Å²) >= 11 is 0. The molecule has 1 aromatic heterocycles. The molecular formula is C41H36N4O7. The summed E-state index contributed by atoms with van der Waals surface area (Å²) < 4.78 is 16.3. The maximum atomic E-state index is 13.5. The van der Waals surface area contributed by atoms with Gasteiger partial charge in [-0.1, -0.05) is 77.5 Å². The molecule has 0 atom stereocenters. The fourth-order valence-electron chi connectivity index (χ4n) is 5.70. The highest BCUT2D eigenvalue weighted by atomic mass is 16.5. The monoisotopic (exact) mass is 696 g/mol. The molecule has 2 amide bonds. The van der Waals surface area contributed by atoms with Gasteiger partial charge in [0.25, 0.3) is 11.8 Å². The number of methoxy groups -OCH3 is 2. The van der Waals surface area contributed by atoms with Gasteiger partial charge in [0.1, 0.15) is 18.0 Å². The van der Waals surface area contributed by atoms with Crippen LogP contribution in [0.2, 0.25) is 0 Å². The fourth-order valence-corrected chi connectivity index (χ4v) is 5.70. The van der Waals surface area contributed by atoms with Gasteiger partial charge in [-0.15, -0.1) is 0 Å². The number of aliphatic carboxylic acids is 1. The highest BCUT2D eigenvalue weighted by Crippen LogP contribution is 2.30. The first-order chi connectivity index (χ1) is 25.2. The molecule has 0 saturated carbocycles. The van der Waals surface area contributed by atoms with Crippen LogP contribution in [-0.2, 0) is 22.6 Å². The number of carbonyl (C=O) groups is 3. The van der Waals surface area contributed by atoms with Crippen molar-refractivity contribution in [3.8, 4) is 45.5 Å². The molecule has 0 bridgehead atoms. The van der Waals surface area contributed by atoms with Crippen LogP contribution in [0, 0.1) is 6.92 Å². The predicted octanol–water partition coefficient (Wildman–Crippen LogP) is 7.30. The second-order valence-corrected chi connectivity index (χ2v) is 12.1. The Bertz CT molecular complexity index is 2160. The van der Waals surface area contributed by atoms with E-state index in [1.165, 1.54) is 24.7 Å². The molecule has 0 spiro atoms. The third-order valence-corrected chi connectivity index (χ3v) is 8.42. The number of carboxylic acid groups (broad SMARTS) is 1. The van der Waals surface area contributed by atoms with E-state index in [0.29, 0.717) is 45.6 Å². The molecule has 0 aliphatic carbocycles. The molecule has 0 fully saturated rings. The van der Waals surface area contributed by atoms with Gasteiger partial charge >= 0.3 is 5.97 Å². The van der Waals surface area contributed by atoms with E-state index in [-0.39, 0.29) is 24.4 Å². The zero-order chi connectivity index (χ0) is 36.6. The molecule has 52 heavy (non-hydrogen) atoms. The second kappa shape index (κ2) is 15.9. The Morgan fingerprint density at radius 1 is 0.750 bits per heavy atom. The topological polar surface area (TPSA) is 144 Å². The lowest BCUT2D eigenvalue weighted by Gasteiger charge is -2.21. The van der Waals surface area contributed by atoms with E-state index in [0.717, 1.165) is 16.7 Å². The van der Waals surface area contributed by atoms with Crippen molar-refractivity contribution in [2.75, 3.05) is 26.1 Å². The lowest BCUT2D eigenvalue weighted by Crippen LogP contribution is -2.35. The highest BCUT2D eigenvalue weighted by Gasteiger charge is 2.20. The van der Waals surface area contributed by atoms with Crippen molar-refractivity contribution in [2.45, 2.75) is 19.9 Å². The van der Waals surface area contributed by atoms with E-state index in [9.17, 15) is 19.5 Å². The van der Waals surface area contributed by atoms with Gasteiger partial charge in [-0.3, -0.25) is 14.4 Å². The minimum atomic E-state index is -1.15. The lowest BCUT2D eigenvalue weighted by atomic mass is 10.0. The number of aryl methyl sites for hydroxylation is 1. The molecular weight excluding hydrogens is 660 g/mol. The molecule has 11 heteroatoms. The van der Waals surface area contributed by atoms with Gasteiger partial charge < -0.3 is 29.3 Å². The van der Waals surface area contributed by atoms with E-state index >= 15 is 0 Å². The molecule has 0 aliphatic rings. The van der Waals surface area contributed by atoms with Gasteiger partial charge in [-0.25, -0.2) is 0 Å². The third kappa shape index (κ3) is 8.33. The summed E-state index contributed by atoms with van der Waals surface area (Å²) in [5, 5.41) is 16.5. The molecule has 0 unspecified atom stereocenters. The predicted molar refractivity (Wildman–Crippen MR) is 196 cm³/mol. The van der Waals surface area contributed by atoms with Gasteiger partial charge in [0.15, 0.2) is 0 Å². The number of hydrogen-bond acceptors (Lipinski definition) is 8. The molecule has 6 rings (SSSR count). The molecule has 262 valence electrons. The largest absolute Gasteiger partial charge is 0.496 e. The van der Waals surface area contributed by atoms with Gasteiger partial charge in [0.05, 0.1) is 20.6 Å². The van der Waals surface area contributed by atoms with Crippen LogP contribution in [-0.4, -0.2) is 58.7 Å². The van der Waals surface area contributed by atoms with Gasteiger partial charge in [-0.05, 0) is 72.1 Å². The number of amides is 2. The van der Waals surface area contributed by atoms with Crippen LogP contribution < -0.4 is 14.8 Å². The van der Waals surface area contributed by atoms with Crippen molar-refractivity contribution in [1.29, 1.82) is 0 Å². The van der Waals surface area contributed by atoms with Crippen LogP contribution in [0.1, 0.15) is 27.0 Å².